The van der Waals surface area contributed by atoms with Crippen molar-refractivity contribution in [2.45, 2.75) is 25.8 Å². The van der Waals surface area contributed by atoms with Crippen LogP contribution in [0.2, 0.25) is 0 Å². The molecule has 3 rings (SSSR count). The van der Waals surface area contributed by atoms with Crippen LogP contribution < -0.4 is 5.73 Å². The molecule has 2 N–H and O–H groups in total. The van der Waals surface area contributed by atoms with Crippen LogP contribution in [-0.4, -0.2) is 24.5 Å². The van der Waals surface area contributed by atoms with E-state index in [1.165, 1.54) is 37.9 Å². The maximum Gasteiger partial charge on any atom is 0.0233 e. The van der Waals surface area contributed by atoms with Crippen LogP contribution >= 0.6 is 0 Å². The molecule has 17 heavy (non-hydrogen) atoms. The van der Waals surface area contributed by atoms with E-state index in [1.54, 1.807) is 0 Å². The van der Waals surface area contributed by atoms with Crippen LogP contribution in [-0.2, 0) is 6.54 Å². The number of benzene rings is 1. The number of hydrogen-bond acceptors (Lipinski definition) is 2. The normalized spacial score (nSPS) is 32.9. The third-order valence-corrected chi connectivity index (χ3v) is 4.58. The molecule has 1 aromatic rings. The first-order valence-corrected chi connectivity index (χ1v) is 6.79. The number of nitrogens with two attached hydrogens (primary N) is 1. The van der Waals surface area contributed by atoms with E-state index in [1.807, 2.05) is 0 Å². The van der Waals surface area contributed by atoms with Gasteiger partial charge in [0.2, 0.25) is 0 Å². The molecule has 1 aliphatic carbocycles. The molecule has 1 aromatic carbocycles. The quantitative estimate of drug-likeness (QED) is 0.863. The zero-order chi connectivity index (χ0) is 11.7. The van der Waals surface area contributed by atoms with E-state index in [4.69, 9.17) is 5.73 Å². The van der Waals surface area contributed by atoms with Gasteiger partial charge in [0.15, 0.2) is 0 Å². The summed E-state index contributed by atoms with van der Waals surface area (Å²) in [4.78, 5) is 2.62. The molecule has 1 saturated carbocycles. The van der Waals surface area contributed by atoms with Gasteiger partial charge >= 0.3 is 0 Å². The summed E-state index contributed by atoms with van der Waals surface area (Å²) >= 11 is 0. The molecule has 1 saturated heterocycles. The molecule has 2 aliphatic rings. The summed E-state index contributed by atoms with van der Waals surface area (Å²) in [6.07, 6.45) is 4.12. The van der Waals surface area contributed by atoms with Gasteiger partial charge in [0.25, 0.3) is 0 Å². The van der Waals surface area contributed by atoms with Crippen LogP contribution in [0.1, 0.15) is 24.8 Å². The minimum atomic E-state index is 0.599. The lowest BCUT2D eigenvalue weighted by atomic mass is 9.92. The van der Waals surface area contributed by atoms with Crippen molar-refractivity contribution in [3.05, 3.63) is 35.9 Å². The Bertz CT molecular complexity index is 376. The Morgan fingerprint density at radius 2 is 2.12 bits per heavy atom. The molecule has 2 nitrogen and oxygen atoms in total. The molecule has 1 heterocycles. The third-order valence-electron chi connectivity index (χ3n) is 4.58. The van der Waals surface area contributed by atoms with E-state index in [0.717, 1.165) is 19.0 Å². The van der Waals surface area contributed by atoms with Crippen molar-refractivity contribution < 1.29 is 0 Å². The van der Waals surface area contributed by atoms with Crippen LogP contribution in [0, 0.1) is 11.3 Å². The summed E-state index contributed by atoms with van der Waals surface area (Å²) in [6, 6.07) is 10.8. The predicted octanol–water partition coefficient (Wildman–Crippen LogP) is 2.25. The molecular weight excluding hydrogens is 208 g/mol. The van der Waals surface area contributed by atoms with E-state index >= 15 is 0 Å². The number of likely N-dealkylation sites (tertiary alicyclic amines) is 1. The van der Waals surface area contributed by atoms with E-state index < -0.39 is 0 Å². The van der Waals surface area contributed by atoms with Crippen LogP contribution in [0.15, 0.2) is 30.3 Å². The summed E-state index contributed by atoms with van der Waals surface area (Å²) in [7, 11) is 0. The van der Waals surface area contributed by atoms with Gasteiger partial charge in [0.05, 0.1) is 0 Å². The van der Waals surface area contributed by atoms with Crippen LogP contribution in [0.4, 0.5) is 0 Å². The number of hydrogen-bond donors (Lipinski definition) is 1. The molecule has 2 heteroatoms. The second-order valence-electron chi connectivity index (χ2n) is 5.80. The smallest absolute Gasteiger partial charge is 0.0233 e. The lowest BCUT2D eigenvalue weighted by Gasteiger charge is -2.33. The number of nitrogens with zero attached hydrogens (tertiary/aromatic N) is 1. The van der Waals surface area contributed by atoms with Crippen molar-refractivity contribution in [1.82, 2.24) is 4.90 Å². The van der Waals surface area contributed by atoms with Gasteiger partial charge in [-0.05, 0) is 49.2 Å². The zero-order valence-electron chi connectivity index (χ0n) is 10.4. The molecule has 2 fully saturated rings. The summed E-state index contributed by atoms with van der Waals surface area (Å²) < 4.78 is 0. The molecule has 0 radical (unpaired) electrons. The van der Waals surface area contributed by atoms with E-state index in [-0.39, 0.29) is 0 Å². The number of rotatable bonds is 3. The second-order valence-corrected chi connectivity index (χ2v) is 5.80. The highest BCUT2D eigenvalue weighted by molar-refractivity contribution is 5.15. The summed E-state index contributed by atoms with van der Waals surface area (Å²) in [5.74, 6) is 0.807. The minimum absolute atomic E-state index is 0.599. The molecule has 0 amide bonds. The van der Waals surface area contributed by atoms with Crippen LogP contribution in [0.5, 0.6) is 0 Å². The van der Waals surface area contributed by atoms with Gasteiger partial charge in [-0.3, -0.25) is 4.90 Å². The maximum absolute atomic E-state index is 5.82. The van der Waals surface area contributed by atoms with Crippen molar-refractivity contribution in [3.63, 3.8) is 0 Å². The Morgan fingerprint density at radius 3 is 2.82 bits per heavy atom. The highest BCUT2D eigenvalue weighted by atomic mass is 15.1. The highest BCUT2D eigenvalue weighted by Crippen LogP contribution is 2.57. The average molecular weight is 230 g/mol. The first kappa shape index (κ1) is 11.2. The Labute approximate surface area is 104 Å². The standard InChI is InChI=1S/C15H22N2/c16-10-14-9-15(14)7-4-8-17(12-15)11-13-5-2-1-3-6-13/h1-3,5-6,14H,4,7-12,16H2/t14-,15+/m0/s1. The molecule has 1 spiro atoms. The van der Waals surface area contributed by atoms with Crippen molar-refractivity contribution >= 4 is 0 Å². The van der Waals surface area contributed by atoms with Crippen molar-refractivity contribution in [3.8, 4) is 0 Å². The van der Waals surface area contributed by atoms with Gasteiger partial charge in [-0.15, -0.1) is 0 Å². The molecule has 1 aliphatic heterocycles. The fourth-order valence-corrected chi connectivity index (χ4v) is 3.50. The Morgan fingerprint density at radius 1 is 1.29 bits per heavy atom. The summed E-state index contributed by atoms with van der Waals surface area (Å²) in [5.41, 5.74) is 7.86. The SMILES string of the molecule is NC[C@@H]1C[C@@]12CCCN(Cc1ccccc1)C2. The molecule has 0 bridgehead atoms. The minimum Gasteiger partial charge on any atom is -0.330 e. The fourth-order valence-electron chi connectivity index (χ4n) is 3.50. The lowest BCUT2D eigenvalue weighted by Crippen LogP contribution is -2.37. The molecular formula is C15H22N2. The van der Waals surface area contributed by atoms with Crippen molar-refractivity contribution in [2.24, 2.45) is 17.1 Å². The van der Waals surface area contributed by atoms with Gasteiger partial charge < -0.3 is 5.73 Å². The van der Waals surface area contributed by atoms with Gasteiger partial charge in [0.1, 0.15) is 0 Å². The molecule has 0 aromatic heterocycles. The Kier molecular flexibility index (Phi) is 2.93. The van der Waals surface area contributed by atoms with Crippen LogP contribution in [0.25, 0.3) is 0 Å². The first-order chi connectivity index (χ1) is 8.32. The average Bonchev–Trinajstić information content (AvgIpc) is 3.03. The summed E-state index contributed by atoms with van der Waals surface area (Å²) in [5, 5.41) is 0. The van der Waals surface area contributed by atoms with Gasteiger partial charge in [-0.1, -0.05) is 30.3 Å². The summed E-state index contributed by atoms with van der Waals surface area (Å²) in [6.45, 7) is 4.52. The lowest BCUT2D eigenvalue weighted by molar-refractivity contribution is 0.144. The molecule has 92 valence electrons. The van der Waals surface area contributed by atoms with Gasteiger partial charge in [0, 0.05) is 13.1 Å². The monoisotopic (exact) mass is 230 g/mol. The fraction of sp³-hybridized carbons (Fsp3) is 0.600. The third kappa shape index (κ3) is 2.24. The Hall–Kier alpha value is -0.860. The topological polar surface area (TPSA) is 29.3 Å². The van der Waals surface area contributed by atoms with E-state index in [9.17, 15) is 0 Å². The molecule has 2 atom stereocenters. The van der Waals surface area contributed by atoms with E-state index in [2.05, 4.69) is 35.2 Å². The predicted molar refractivity (Wildman–Crippen MR) is 70.5 cm³/mol. The first-order valence-electron chi connectivity index (χ1n) is 6.79. The maximum atomic E-state index is 5.82. The Balaban J connectivity index is 1.62. The zero-order valence-corrected chi connectivity index (χ0v) is 10.4. The second kappa shape index (κ2) is 4.43. The van der Waals surface area contributed by atoms with Gasteiger partial charge in [-0.25, -0.2) is 0 Å². The number of piperidine rings is 1. The molecule has 0 unspecified atom stereocenters. The van der Waals surface area contributed by atoms with E-state index in [0.29, 0.717) is 5.41 Å². The highest BCUT2D eigenvalue weighted by Gasteiger charge is 2.54. The largest absolute Gasteiger partial charge is 0.330 e. The van der Waals surface area contributed by atoms with Crippen LogP contribution in [0.3, 0.4) is 0 Å². The van der Waals surface area contributed by atoms with Crippen molar-refractivity contribution in [1.29, 1.82) is 0 Å². The van der Waals surface area contributed by atoms with Crippen molar-refractivity contribution in [2.75, 3.05) is 19.6 Å². The van der Waals surface area contributed by atoms with Gasteiger partial charge in [-0.2, -0.15) is 0 Å².